The molecule has 1 atom stereocenters. The number of carbonyl (C=O) groups is 1. The normalized spacial score (nSPS) is 11.1. The van der Waals surface area contributed by atoms with Crippen LogP contribution in [0.5, 0.6) is 0 Å². The lowest BCUT2D eigenvalue weighted by Gasteiger charge is -2.16. The fourth-order valence-electron chi connectivity index (χ4n) is 2.54. The Bertz CT molecular complexity index is 887. The number of benzene rings is 2. The summed E-state index contributed by atoms with van der Waals surface area (Å²) >= 11 is 0. The van der Waals surface area contributed by atoms with E-state index >= 15 is 0 Å². The van der Waals surface area contributed by atoms with Gasteiger partial charge in [0.25, 0.3) is 5.69 Å². The molecule has 0 saturated carbocycles. The van der Waals surface area contributed by atoms with Crippen molar-refractivity contribution in [3.05, 3.63) is 106 Å². The zero-order valence-corrected chi connectivity index (χ0v) is 15.9. The van der Waals surface area contributed by atoms with Crippen LogP contribution in [0, 0.1) is 10.1 Å². The molecule has 0 N–H and O–H groups in total. The standard InChI is InChI=1S/C20H17N2O4.BrH/c23-20(17-9-11-18(12-10-17)22(24)25)26-19(16-7-3-1-4-8-16)15-21-13-5-2-6-14-21;/h1-14,19H,15H2;1H/q+1;/p-1. The second-order valence-corrected chi connectivity index (χ2v) is 5.68. The number of pyridine rings is 1. The highest BCUT2D eigenvalue weighted by atomic mass is 79.9. The van der Waals surface area contributed by atoms with Gasteiger partial charge in [0.15, 0.2) is 25.0 Å². The van der Waals surface area contributed by atoms with Crippen molar-refractivity contribution in [2.24, 2.45) is 0 Å². The fourth-order valence-corrected chi connectivity index (χ4v) is 2.54. The van der Waals surface area contributed by atoms with Crippen molar-refractivity contribution < 1.29 is 36.0 Å². The predicted molar refractivity (Wildman–Crippen MR) is 94.3 cm³/mol. The van der Waals surface area contributed by atoms with E-state index in [2.05, 4.69) is 0 Å². The van der Waals surface area contributed by atoms with E-state index in [9.17, 15) is 14.9 Å². The Kier molecular flexibility index (Phi) is 7.19. The van der Waals surface area contributed by atoms with Gasteiger partial charge in [-0.15, -0.1) is 0 Å². The first-order valence-corrected chi connectivity index (χ1v) is 8.08. The van der Waals surface area contributed by atoms with Gasteiger partial charge >= 0.3 is 5.97 Å². The van der Waals surface area contributed by atoms with Crippen LogP contribution in [0.1, 0.15) is 22.0 Å². The van der Waals surface area contributed by atoms with Crippen molar-refractivity contribution in [3.8, 4) is 0 Å². The molecule has 0 bridgehead atoms. The SMILES string of the molecule is O=C(OC(C[n+]1ccccc1)c1ccccc1)c1ccc([N+](=O)[O-])cc1.[Br-]. The average Bonchev–Trinajstić information content (AvgIpc) is 2.69. The smallest absolute Gasteiger partial charge is 0.338 e. The number of esters is 1. The molecule has 6 nitrogen and oxygen atoms in total. The minimum absolute atomic E-state index is 0. The largest absolute Gasteiger partial charge is 1.00 e. The van der Waals surface area contributed by atoms with Crippen LogP contribution in [0.3, 0.4) is 0 Å². The Morgan fingerprint density at radius 1 is 0.963 bits per heavy atom. The lowest BCUT2D eigenvalue weighted by molar-refractivity contribution is -0.704. The van der Waals surface area contributed by atoms with E-state index in [0.29, 0.717) is 6.54 Å². The first-order chi connectivity index (χ1) is 12.6. The van der Waals surface area contributed by atoms with Crippen LogP contribution in [-0.4, -0.2) is 10.9 Å². The number of hydrogen-bond donors (Lipinski definition) is 0. The molecule has 3 rings (SSSR count). The molecule has 0 fully saturated rings. The van der Waals surface area contributed by atoms with Gasteiger partial charge in [-0.2, -0.15) is 0 Å². The van der Waals surface area contributed by atoms with Gasteiger partial charge in [-0.05, 0) is 17.7 Å². The molecule has 0 amide bonds. The molecule has 0 spiro atoms. The summed E-state index contributed by atoms with van der Waals surface area (Å²) in [6, 6.07) is 20.6. The van der Waals surface area contributed by atoms with Crippen molar-refractivity contribution >= 4 is 11.7 Å². The number of non-ortho nitro benzene ring substituents is 1. The first kappa shape index (κ1) is 20.3. The number of aromatic nitrogens is 1. The minimum atomic E-state index is -0.523. The number of halogens is 1. The average molecular weight is 429 g/mol. The lowest BCUT2D eigenvalue weighted by atomic mass is 10.1. The highest BCUT2D eigenvalue weighted by molar-refractivity contribution is 5.89. The summed E-state index contributed by atoms with van der Waals surface area (Å²) in [5.74, 6) is -0.523. The van der Waals surface area contributed by atoms with Gasteiger partial charge < -0.3 is 21.7 Å². The third-order valence-corrected chi connectivity index (χ3v) is 3.89. The number of nitro benzene ring substituents is 1. The Hall–Kier alpha value is -3.06. The van der Waals surface area contributed by atoms with E-state index in [0.717, 1.165) is 5.56 Å². The molecule has 138 valence electrons. The summed E-state index contributed by atoms with van der Waals surface area (Å²) in [6.45, 7) is 0.462. The maximum Gasteiger partial charge on any atom is 0.338 e. The van der Waals surface area contributed by atoms with Gasteiger partial charge in [-0.1, -0.05) is 36.4 Å². The van der Waals surface area contributed by atoms with E-state index in [1.807, 2.05) is 65.5 Å². The van der Waals surface area contributed by atoms with E-state index in [1.54, 1.807) is 0 Å². The van der Waals surface area contributed by atoms with Crippen LogP contribution in [0.2, 0.25) is 0 Å². The summed E-state index contributed by atoms with van der Waals surface area (Å²) in [5, 5.41) is 10.7. The van der Waals surface area contributed by atoms with Gasteiger partial charge in [0.2, 0.25) is 0 Å². The Labute approximate surface area is 167 Å². The van der Waals surface area contributed by atoms with Crippen LogP contribution in [-0.2, 0) is 11.3 Å². The monoisotopic (exact) mass is 428 g/mol. The predicted octanol–water partition coefficient (Wildman–Crippen LogP) is 0.485. The molecular formula is C20H17BrN2O4. The highest BCUT2D eigenvalue weighted by Gasteiger charge is 2.22. The summed E-state index contributed by atoms with van der Waals surface area (Å²) in [4.78, 5) is 22.7. The minimum Gasteiger partial charge on any atom is -1.00 e. The van der Waals surface area contributed by atoms with Crippen LogP contribution in [0.25, 0.3) is 0 Å². The molecule has 27 heavy (non-hydrogen) atoms. The quantitative estimate of drug-likeness (QED) is 0.248. The van der Waals surface area contributed by atoms with Crippen molar-refractivity contribution in [2.45, 2.75) is 12.6 Å². The fraction of sp³-hybridized carbons (Fsp3) is 0.100. The molecular weight excluding hydrogens is 412 g/mol. The van der Waals surface area contributed by atoms with Crippen LogP contribution < -0.4 is 21.5 Å². The van der Waals surface area contributed by atoms with Gasteiger partial charge in [0.05, 0.1) is 10.5 Å². The Morgan fingerprint density at radius 2 is 1.56 bits per heavy atom. The number of hydrogen-bond acceptors (Lipinski definition) is 4. The molecule has 1 aromatic heterocycles. The zero-order valence-electron chi connectivity index (χ0n) is 14.3. The zero-order chi connectivity index (χ0) is 18.4. The Balaban J connectivity index is 0.00000261. The van der Waals surface area contributed by atoms with E-state index < -0.39 is 17.0 Å². The van der Waals surface area contributed by atoms with Crippen molar-refractivity contribution in [1.29, 1.82) is 0 Å². The lowest BCUT2D eigenvalue weighted by Crippen LogP contribution is -3.00. The summed E-state index contributed by atoms with van der Waals surface area (Å²) < 4.78 is 7.63. The summed E-state index contributed by atoms with van der Waals surface area (Å²) in [6.07, 6.45) is 3.32. The molecule has 1 unspecified atom stereocenters. The number of nitro groups is 1. The van der Waals surface area contributed by atoms with Gasteiger partial charge in [0.1, 0.15) is 0 Å². The molecule has 0 aliphatic carbocycles. The number of carbonyl (C=O) groups excluding carboxylic acids is 1. The number of rotatable bonds is 6. The van der Waals surface area contributed by atoms with Crippen molar-refractivity contribution in [2.75, 3.05) is 0 Å². The molecule has 0 radical (unpaired) electrons. The van der Waals surface area contributed by atoms with Gasteiger partial charge in [0, 0.05) is 24.3 Å². The van der Waals surface area contributed by atoms with Gasteiger partial charge in [-0.3, -0.25) is 10.1 Å². The van der Waals surface area contributed by atoms with Crippen LogP contribution in [0.15, 0.2) is 85.2 Å². The van der Waals surface area contributed by atoms with Crippen molar-refractivity contribution in [3.63, 3.8) is 0 Å². The van der Waals surface area contributed by atoms with E-state index in [-0.39, 0.29) is 28.2 Å². The molecule has 0 aliphatic rings. The molecule has 1 heterocycles. The second-order valence-electron chi connectivity index (χ2n) is 5.68. The van der Waals surface area contributed by atoms with E-state index in [1.165, 1.54) is 24.3 Å². The number of nitrogens with zero attached hydrogens (tertiary/aromatic N) is 2. The van der Waals surface area contributed by atoms with Crippen LogP contribution in [0.4, 0.5) is 5.69 Å². The van der Waals surface area contributed by atoms with Crippen LogP contribution >= 0.6 is 0 Å². The molecule has 3 aromatic rings. The summed E-state index contributed by atoms with van der Waals surface area (Å²) in [5.41, 5.74) is 1.08. The van der Waals surface area contributed by atoms with Gasteiger partial charge in [-0.25, -0.2) is 9.36 Å². The second kappa shape index (κ2) is 9.59. The molecule has 0 saturated heterocycles. The number of ether oxygens (including phenoxy) is 1. The van der Waals surface area contributed by atoms with E-state index in [4.69, 9.17) is 4.74 Å². The third-order valence-electron chi connectivity index (χ3n) is 3.89. The maximum atomic E-state index is 12.5. The first-order valence-electron chi connectivity index (χ1n) is 8.08. The third kappa shape index (κ3) is 5.46. The van der Waals surface area contributed by atoms with Crippen molar-refractivity contribution in [1.82, 2.24) is 0 Å². The Morgan fingerprint density at radius 3 is 2.15 bits per heavy atom. The topological polar surface area (TPSA) is 73.3 Å². The maximum absolute atomic E-state index is 12.5. The summed E-state index contributed by atoms with van der Waals surface area (Å²) in [7, 11) is 0. The molecule has 2 aromatic carbocycles. The molecule has 0 aliphatic heterocycles. The molecule has 7 heteroatoms. The highest BCUT2D eigenvalue weighted by Crippen LogP contribution is 2.20.